The average molecular weight is 357 g/mol. The third kappa shape index (κ3) is 3.07. The summed E-state index contributed by atoms with van der Waals surface area (Å²) in [4.78, 5) is 15.4. The van der Waals surface area contributed by atoms with E-state index in [-0.39, 0.29) is 12.6 Å². The van der Waals surface area contributed by atoms with Crippen molar-refractivity contribution in [1.29, 1.82) is 0 Å². The number of hydrogen-bond acceptors (Lipinski definition) is 7. The molecule has 1 unspecified atom stereocenters. The fourth-order valence-electron chi connectivity index (χ4n) is 2.48. The zero-order valence-corrected chi connectivity index (χ0v) is 13.5. The number of amides is 1. The topological polar surface area (TPSA) is 123 Å². The standard InChI is InChI=1S/C13H16FN5O4S/c1-7-4-15-13(17-7)16-5-8-2-9(14)12(10(20)3-8)19-6-11(21)18-24(19,22)23/h2-3,7,20H,4-6H2,1H3,(H,18,21)(H2,15,16,17). The van der Waals surface area contributed by atoms with E-state index in [1.165, 1.54) is 6.07 Å². The summed E-state index contributed by atoms with van der Waals surface area (Å²) in [6.07, 6.45) is 0. The summed E-state index contributed by atoms with van der Waals surface area (Å²) >= 11 is 0. The highest BCUT2D eigenvalue weighted by atomic mass is 32.2. The lowest BCUT2D eigenvalue weighted by molar-refractivity contribution is -0.117. The number of carbonyl (C=O) groups excluding carboxylic acids is 1. The van der Waals surface area contributed by atoms with Crippen LogP contribution in [0.2, 0.25) is 0 Å². The van der Waals surface area contributed by atoms with E-state index in [4.69, 9.17) is 0 Å². The largest absolute Gasteiger partial charge is 0.506 e. The number of aliphatic imine (C=N–C) groups is 1. The lowest BCUT2D eigenvalue weighted by Crippen LogP contribution is -2.37. The number of anilines is 1. The molecule has 0 aromatic heterocycles. The molecule has 2 aliphatic heterocycles. The van der Waals surface area contributed by atoms with Crippen LogP contribution in [-0.2, 0) is 21.5 Å². The van der Waals surface area contributed by atoms with E-state index in [1.54, 1.807) is 4.72 Å². The Kier molecular flexibility index (Phi) is 3.95. The smallest absolute Gasteiger partial charge is 0.326 e. The highest BCUT2D eigenvalue weighted by molar-refractivity contribution is 7.92. The van der Waals surface area contributed by atoms with Crippen molar-refractivity contribution in [2.24, 2.45) is 4.99 Å². The van der Waals surface area contributed by atoms with E-state index < -0.39 is 39.9 Å². The van der Waals surface area contributed by atoms with Gasteiger partial charge in [-0.15, -0.1) is 0 Å². The first-order valence-electron chi connectivity index (χ1n) is 7.16. The van der Waals surface area contributed by atoms with Crippen LogP contribution in [-0.4, -0.2) is 44.5 Å². The predicted octanol–water partition coefficient (Wildman–Crippen LogP) is -0.850. The maximum atomic E-state index is 14.3. The van der Waals surface area contributed by atoms with Crippen LogP contribution in [0.3, 0.4) is 0 Å². The van der Waals surface area contributed by atoms with Crippen LogP contribution in [0.5, 0.6) is 5.75 Å². The molecule has 0 saturated carbocycles. The minimum Gasteiger partial charge on any atom is -0.506 e. The number of phenols is 1. The molecule has 1 fully saturated rings. The number of nitrogens with one attached hydrogen (secondary N) is 3. The van der Waals surface area contributed by atoms with Crippen LogP contribution in [0.1, 0.15) is 12.5 Å². The van der Waals surface area contributed by atoms with Gasteiger partial charge in [0.1, 0.15) is 18.0 Å². The number of nitrogens with zero attached hydrogens (tertiary/aromatic N) is 2. The number of rotatable bonds is 3. The SMILES string of the molecule is CC1CN=C(NCc2cc(O)c(N3CC(=O)NS3(=O)=O)c(F)c2)N1. The van der Waals surface area contributed by atoms with Gasteiger partial charge in [0.15, 0.2) is 11.8 Å². The number of benzene rings is 1. The van der Waals surface area contributed by atoms with Crippen LogP contribution in [0.15, 0.2) is 17.1 Å². The molecule has 0 spiro atoms. The predicted molar refractivity (Wildman–Crippen MR) is 84.2 cm³/mol. The first-order chi connectivity index (χ1) is 11.3. The number of halogens is 1. The Morgan fingerprint density at radius 2 is 2.25 bits per heavy atom. The highest BCUT2D eigenvalue weighted by Gasteiger charge is 2.37. The lowest BCUT2D eigenvalue weighted by atomic mass is 10.1. The van der Waals surface area contributed by atoms with Gasteiger partial charge in [-0.2, -0.15) is 8.42 Å². The van der Waals surface area contributed by atoms with Gasteiger partial charge in [0, 0.05) is 12.6 Å². The maximum Gasteiger partial charge on any atom is 0.326 e. The Bertz CT molecular complexity index is 803. The second-order valence-corrected chi connectivity index (χ2v) is 7.17. The average Bonchev–Trinajstić information content (AvgIpc) is 2.99. The molecular weight excluding hydrogens is 341 g/mol. The van der Waals surface area contributed by atoms with Gasteiger partial charge in [0.2, 0.25) is 0 Å². The van der Waals surface area contributed by atoms with E-state index in [1.807, 2.05) is 6.92 Å². The van der Waals surface area contributed by atoms with Crippen molar-refractivity contribution in [3.63, 3.8) is 0 Å². The van der Waals surface area contributed by atoms with E-state index in [0.717, 1.165) is 6.07 Å². The van der Waals surface area contributed by atoms with E-state index >= 15 is 0 Å². The molecule has 9 nitrogen and oxygen atoms in total. The van der Waals surface area contributed by atoms with Crippen molar-refractivity contribution >= 4 is 27.8 Å². The molecule has 130 valence electrons. The number of guanidine groups is 1. The van der Waals surface area contributed by atoms with Gasteiger partial charge >= 0.3 is 10.2 Å². The van der Waals surface area contributed by atoms with Crippen LogP contribution >= 0.6 is 0 Å². The van der Waals surface area contributed by atoms with Crippen molar-refractivity contribution in [2.45, 2.75) is 19.5 Å². The molecule has 1 aromatic rings. The number of aromatic hydroxyl groups is 1. The molecule has 0 radical (unpaired) electrons. The van der Waals surface area contributed by atoms with E-state index in [0.29, 0.717) is 22.4 Å². The summed E-state index contributed by atoms with van der Waals surface area (Å²) in [6.45, 7) is 2.20. The molecule has 11 heteroatoms. The summed E-state index contributed by atoms with van der Waals surface area (Å²) in [7, 11) is -4.19. The molecule has 4 N–H and O–H groups in total. The van der Waals surface area contributed by atoms with Crippen molar-refractivity contribution in [1.82, 2.24) is 15.4 Å². The third-order valence-electron chi connectivity index (χ3n) is 3.54. The fraction of sp³-hybridized carbons (Fsp3) is 0.385. The molecule has 0 aliphatic carbocycles. The molecule has 3 rings (SSSR count). The van der Waals surface area contributed by atoms with Gasteiger partial charge in [0.25, 0.3) is 5.91 Å². The quantitative estimate of drug-likeness (QED) is 0.559. The van der Waals surface area contributed by atoms with E-state index in [2.05, 4.69) is 15.6 Å². The van der Waals surface area contributed by atoms with Crippen molar-refractivity contribution in [2.75, 3.05) is 17.4 Å². The fourth-order valence-corrected chi connectivity index (χ4v) is 3.65. The Balaban J connectivity index is 1.80. The van der Waals surface area contributed by atoms with Crippen molar-refractivity contribution in [3.05, 3.63) is 23.5 Å². The van der Waals surface area contributed by atoms with Crippen molar-refractivity contribution < 1.29 is 22.7 Å². The number of phenolic OH excluding ortho intramolecular Hbond substituents is 1. The van der Waals surface area contributed by atoms with Gasteiger partial charge < -0.3 is 15.7 Å². The summed E-state index contributed by atoms with van der Waals surface area (Å²) in [5.41, 5.74) is -0.157. The Morgan fingerprint density at radius 3 is 2.79 bits per heavy atom. The van der Waals surface area contributed by atoms with Gasteiger partial charge in [-0.05, 0) is 24.6 Å². The van der Waals surface area contributed by atoms with Gasteiger partial charge in [0.05, 0.1) is 6.54 Å². The normalized spacial score (nSPS) is 22.1. The third-order valence-corrected chi connectivity index (χ3v) is 4.92. The Hall–Kier alpha value is -2.56. The van der Waals surface area contributed by atoms with Crippen LogP contribution in [0.4, 0.5) is 10.1 Å². The first kappa shape index (κ1) is 16.3. The molecule has 1 amide bonds. The molecule has 2 heterocycles. The summed E-state index contributed by atoms with van der Waals surface area (Å²) in [5, 5.41) is 16.1. The number of carbonyl (C=O) groups is 1. The van der Waals surface area contributed by atoms with E-state index in [9.17, 15) is 22.7 Å². The molecule has 24 heavy (non-hydrogen) atoms. The summed E-state index contributed by atoms with van der Waals surface area (Å²) < 4.78 is 40.1. The molecule has 1 aromatic carbocycles. The number of hydrogen-bond donors (Lipinski definition) is 4. The van der Waals surface area contributed by atoms with Gasteiger partial charge in [-0.25, -0.2) is 13.4 Å². The molecular formula is C13H16FN5O4S. The Labute approximate surface area is 137 Å². The van der Waals surface area contributed by atoms with Crippen LogP contribution in [0, 0.1) is 5.82 Å². The summed E-state index contributed by atoms with van der Waals surface area (Å²) in [6, 6.07) is 2.55. The minimum absolute atomic E-state index is 0.188. The second kappa shape index (κ2) is 5.82. The molecule has 1 saturated heterocycles. The van der Waals surface area contributed by atoms with Crippen LogP contribution < -0.4 is 19.7 Å². The van der Waals surface area contributed by atoms with Gasteiger partial charge in [-0.3, -0.25) is 9.79 Å². The highest BCUT2D eigenvalue weighted by Crippen LogP contribution is 2.34. The first-order valence-corrected chi connectivity index (χ1v) is 8.60. The molecule has 0 bridgehead atoms. The molecule has 2 aliphatic rings. The summed E-state index contributed by atoms with van der Waals surface area (Å²) in [5.74, 6) is -1.73. The molecule has 1 atom stereocenters. The van der Waals surface area contributed by atoms with Crippen molar-refractivity contribution in [3.8, 4) is 5.75 Å². The minimum atomic E-state index is -4.19. The lowest BCUT2D eigenvalue weighted by Gasteiger charge is -2.18. The maximum absolute atomic E-state index is 14.3. The second-order valence-electron chi connectivity index (χ2n) is 5.57. The zero-order chi connectivity index (χ0) is 17.5. The Morgan fingerprint density at radius 1 is 1.50 bits per heavy atom. The van der Waals surface area contributed by atoms with Crippen LogP contribution in [0.25, 0.3) is 0 Å². The van der Waals surface area contributed by atoms with Gasteiger partial charge in [-0.1, -0.05) is 0 Å². The zero-order valence-electron chi connectivity index (χ0n) is 12.7. The monoisotopic (exact) mass is 357 g/mol.